The fourth-order valence-corrected chi connectivity index (χ4v) is 1.44. The van der Waals surface area contributed by atoms with E-state index in [1.54, 1.807) is 19.9 Å². The quantitative estimate of drug-likeness (QED) is 0.741. The topological polar surface area (TPSA) is 95.7 Å². The normalized spacial score (nSPS) is 10.4. The zero-order valence-electron chi connectivity index (χ0n) is 10.5. The third-order valence-corrected chi connectivity index (χ3v) is 2.17. The lowest BCUT2D eigenvalue weighted by atomic mass is 10.5. The Hall–Kier alpha value is -2.51. The zero-order valence-corrected chi connectivity index (χ0v) is 10.5. The average Bonchev–Trinajstić information content (AvgIpc) is 2.86. The number of carbonyl (C=O) groups excluding carboxylic acids is 2. The second-order valence-corrected chi connectivity index (χ2v) is 3.41. The molecule has 0 saturated heterocycles. The molecule has 19 heavy (non-hydrogen) atoms. The molecule has 0 aromatic carbocycles. The van der Waals surface area contributed by atoms with Gasteiger partial charge in [-0.1, -0.05) is 0 Å². The van der Waals surface area contributed by atoms with E-state index in [1.165, 1.54) is 10.7 Å². The molecule has 2 heterocycles. The van der Waals surface area contributed by atoms with Gasteiger partial charge in [0.2, 0.25) is 11.6 Å². The SMILES string of the molecule is CCOC(=O)c1nc(C(=O)OCC)n2nccc2n1. The van der Waals surface area contributed by atoms with Gasteiger partial charge in [0, 0.05) is 6.07 Å². The average molecular weight is 264 g/mol. The standard InChI is InChI=1S/C11H12N4O4/c1-3-18-10(16)8-13-7-5-6-12-15(7)9(14-8)11(17)19-4-2/h5-6H,3-4H2,1-2H3. The highest BCUT2D eigenvalue weighted by atomic mass is 16.5. The number of ether oxygens (including phenoxy) is 2. The summed E-state index contributed by atoms with van der Waals surface area (Å²) in [6, 6.07) is 1.55. The summed E-state index contributed by atoms with van der Waals surface area (Å²) in [4.78, 5) is 31.2. The first kappa shape index (κ1) is 12.9. The van der Waals surface area contributed by atoms with Crippen LogP contribution in [0.4, 0.5) is 0 Å². The lowest BCUT2D eigenvalue weighted by Gasteiger charge is -2.05. The number of aromatic nitrogens is 4. The monoisotopic (exact) mass is 264 g/mol. The molecule has 0 bridgehead atoms. The van der Waals surface area contributed by atoms with Gasteiger partial charge in [-0.3, -0.25) is 0 Å². The Bertz CT molecular complexity index is 622. The summed E-state index contributed by atoms with van der Waals surface area (Å²) in [5.41, 5.74) is 0.320. The highest BCUT2D eigenvalue weighted by Gasteiger charge is 2.20. The molecule has 0 saturated carbocycles. The highest BCUT2D eigenvalue weighted by Crippen LogP contribution is 2.06. The van der Waals surface area contributed by atoms with Gasteiger partial charge in [-0.15, -0.1) is 0 Å². The van der Waals surface area contributed by atoms with Crippen LogP contribution in [0, 0.1) is 0 Å². The third-order valence-electron chi connectivity index (χ3n) is 2.17. The number of fused-ring (bicyclic) bond motifs is 1. The van der Waals surface area contributed by atoms with Gasteiger partial charge in [0.15, 0.2) is 5.65 Å². The van der Waals surface area contributed by atoms with Crippen molar-refractivity contribution in [2.45, 2.75) is 13.8 Å². The molecule has 2 aromatic heterocycles. The summed E-state index contributed by atoms with van der Waals surface area (Å²) in [6.45, 7) is 3.73. The molecule has 0 aliphatic carbocycles. The van der Waals surface area contributed by atoms with Crippen molar-refractivity contribution in [2.24, 2.45) is 0 Å². The fraction of sp³-hybridized carbons (Fsp3) is 0.364. The van der Waals surface area contributed by atoms with Crippen molar-refractivity contribution in [1.82, 2.24) is 19.6 Å². The molecule has 8 heteroatoms. The largest absolute Gasteiger partial charge is 0.460 e. The maximum Gasteiger partial charge on any atom is 0.376 e. The Morgan fingerprint density at radius 2 is 1.84 bits per heavy atom. The van der Waals surface area contributed by atoms with Gasteiger partial charge in [-0.2, -0.15) is 14.6 Å². The van der Waals surface area contributed by atoms with E-state index in [0.717, 1.165) is 0 Å². The molecular formula is C11H12N4O4. The maximum atomic E-state index is 11.8. The van der Waals surface area contributed by atoms with Crippen LogP contribution in [0.15, 0.2) is 12.3 Å². The first-order valence-corrected chi connectivity index (χ1v) is 5.73. The zero-order chi connectivity index (χ0) is 13.8. The Morgan fingerprint density at radius 3 is 2.53 bits per heavy atom. The molecule has 0 atom stereocenters. The van der Waals surface area contributed by atoms with Crippen LogP contribution in [0.5, 0.6) is 0 Å². The highest BCUT2D eigenvalue weighted by molar-refractivity contribution is 5.90. The molecule has 100 valence electrons. The van der Waals surface area contributed by atoms with Crippen LogP contribution in [0.3, 0.4) is 0 Å². The van der Waals surface area contributed by atoms with Crippen LogP contribution in [0.25, 0.3) is 5.65 Å². The second kappa shape index (κ2) is 5.42. The molecule has 0 amide bonds. The minimum Gasteiger partial charge on any atom is -0.460 e. The lowest BCUT2D eigenvalue weighted by molar-refractivity contribution is 0.0498. The van der Waals surface area contributed by atoms with Crippen molar-refractivity contribution in [2.75, 3.05) is 13.2 Å². The van der Waals surface area contributed by atoms with Crippen molar-refractivity contribution in [3.05, 3.63) is 23.9 Å². The van der Waals surface area contributed by atoms with Gasteiger partial charge in [-0.05, 0) is 13.8 Å². The fourth-order valence-electron chi connectivity index (χ4n) is 1.44. The van der Waals surface area contributed by atoms with E-state index in [0.29, 0.717) is 5.65 Å². The van der Waals surface area contributed by atoms with E-state index in [1.807, 2.05) is 0 Å². The van der Waals surface area contributed by atoms with Gasteiger partial charge >= 0.3 is 11.9 Å². The van der Waals surface area contributed by atoms with E-state index in [2.05, 4.69) is 15.1 Å². The predicted molar refractivity (Wildman–Crippen MR) is 62.7 cm³/mol. The maximum absolute atomic E-state index is 11.8. The molecule has 0 aliphatic heterocycles. The van der Waals surface area contributed by atoms with Crippen LogP contribution in [-0.2, 0) is 9.47 Å². The van der Waals surface area contributed by atoms with Gasteiger partial charge < -0.3 is 9.47 Å². The lowest BCUT2D eigenvalue weighted by Crippen LogP contribution is -2.19. The molecule has 8 nitrogen and oxygen atoms in total. The van der Waals surface area contributed by atoms with Crippen molar-refractivity contribution < 1.29 is 19.1 Å². The van der Waals surface area contributed by atoms with Gasteiger partial charge in [0.05, 0.1) is 19.4 Å². The van der Waals surface area contributed by atoms with Gasteiger partial charge in [-0.25, -0.2) is 14.6 Å². The number of esters is 2. The summed E-state index contributed by atoms with van der Waals surface area (Å²) in [6.07, 6.45) is 1.45. The molecule has 0 aliphatic rings. The number of carbonyl (C=O) groups is 2. The molecule has 0 spiro atoms. The smallest absolute Gasteiger partial charge is 0.376 e. The van der Waals surface area contributed by atoms with Crippen molar-refractivity contribution in [3.63, 3.8) is 0 Å². The van der Waals surface area contributed by atoms with Gasteiger partial charge in [0.1, 0.15) is 0 Å². The predicted octanol–water partition coefficient (Wildman–Crippen LogP) is 0.478. The first-order chi connectivity index (χ1) is 9.17. The van der Waals surface area contributed by atoms with Crippen LogP contribution in [0.2, 0.25) is 0 Å². The summed E-state index contributed by atoms with van der Waals surface area (Å²) >= 11 is 0. The molecule has 0 unspecified atom stereocenters. The van der Waals surface area contributed by atoms with Crippen LogP contribution in [0.1, 0.15) is 35.1 Å². The number of rotatable bonds is 4. The van der Waals surface area contributed by atoms with E-state index in [4.69, 9.17) is 9.47 Å². The summed E-state index contributed by atoms with van der Waals surface area (Å²) in [5, 5.41) is 3.91. The van der Waals surface area contributed by atoms with Crippen LogP contribution in [-0.4, -0.2) is 44.7 Å². The van der Waals surface area contributed by atoms with Gasteiger partial charge in [0.25, 0.3) is 0 Å². The third kappa shape index (κ3) is 2.51. The van der Waals surface area contributed by atoms with E-state index in [-0.39, 0.29) is 24.9 Å². The van der Waals surface area contributed by atoms with Crippen molar-refractivity contribution in [1.29, 1.82) is 0 Å². The van der Waals surface area contributed by atoms with Crippen LogP contribution < -0.4 is 0 Å². The van der Waals surface area contributed by atoms with E-state index >= 15 is 0 Å². The first-order valence-electron chi connectivity index (χ1n) is 5.73. The summed E-state index contributed by atoms with van der Waals surface area (Å²) in [5.74, 6) is -1.68. The molecule has 2 rings (SSSR count). The minimum atomic E-state index is -0.697. The minimum absolute atomic E-state index is 0.111. The molecule has 0 N–H and O–H groups in total. The Kier molecular flexibility index (Phi) is 3.69. The Morgan fingerprint density at radius 1 is 1.16 bits per heavy atom. The number of hydrogen-bond acceptors (Lipinski definition) is 7. The van der Waals surface area contributed by atoms with Crippen molar-refractivity contribution in [3.8, 4) is 0 Å². The second-order valence-electron chi connectivity index (χ2n) is 3.41. The Balaban J connectivity index is 2.51. The molecule has 0 radical (unpaired) electrons. The summed E-state index contributed by atoms with van der Waals surface area (Å²) < 4.78 is 10.9. The molecule has 2 aromatic rings. The van der Waals surface area contributed by atoms with E-state index in [9.17, 15) is 9.59 Å². The summed E-state index contributed by atoms with van der Waals surface area (Å²) in [7, 11) is 0. The number of nitrogens with zero attached hydrogens (tertiary/aromatic N) is 4. The van der Waals surface area contributed by atoms with Crippen LogP contribution >= 0.6 is 0 Å². The molecular weight excluding hydrogens is 252 g/mol. The Labute approximate surface area is 108 Å². The van der Waals surface area contributed by atoms with Crippen molar-refractivity contribution >= 4 is 17.6 Å². The molecule has 0 fully saturated rings. The van der Waals surface area contributed by atoms with E-state index < -0.39 is 11.9 Å². The number of hydrogen-bond donors (Lipinski definition) is 0.